The van der Waals surface area contributed by atoms with E-state index in [0.29, 0.717) is 104 Å². The van der Waals surface area contributed by atoms with E-state index in [-0.39, 0.29) is 0 Å². The fraction of sp³-hybridized carbons (Fsp3) is 0.526. The van der Waals surface area contributed by atoms with Crippen molar-refractivity contribution in [2.24, 2.45) is 0 Å². The lowest BCUT2D eigenvalue weighted by atomic mass is 10.1. The van der Waals surface area contributed by atoms with Gasteiger partial charge in [-0.1, -0.05) is 0 Å². The number of hydrogen-bond acceptors (Lipinski definition) is 11. The van der Waals surface area contributed by atoms with Crippen molar-refractivity contribution >= 4 is 33.2 Å². The van der Waals surface area contributed by atoms with Gasteiger partial charge in [0, 0.05) is 60.5 Å². The van der Waals surface area contributed by atoms with Gasteiger partial charge in [-0.05, 0) is 65.8 Å². The number of benzene rings is 2. The van der Waals surface area contributed by atoms with Crippen LogP contribution in [-0.2, 0) is 14.2 Å². The molecular formula is C38H52N4O7. The zero-order valence-electron chi connectivity index (χ0n) is 30.0. The number of fused-ring (bicyclic) bond motifs is 2. The average Bonchev–Trinajstić information content (AvgIpc) is 3.10. The Morgan fingerprint density at radius 3 is 1.27 bits per heavy atom. The Labute approximate surface area is 290 Å². The number of hydrogen-bond donors (Lipinski definition) is 0. The van der Waals surface area contributed by atoms with E-state index >= 15 is 0 Å². The predicted molar refractivity (Wildman–Crippen MR) is 195 cm³/mol. The van der Waals surface area contributed by atoms with Crippen LogP contribution in [0.2, 0.25) is 0 Å². The van der Waals surface area contributed by atoms with Crippen molar-refractivity contribution < 1.29 is 33.2 Å². The molecule has 0 saturated carbocycles. The summed E-state index contributed by atoms with van der Waals surface area (Å²) >= 11 is 0. The molecule has 0 radical (unpaired) electrons. The van der Waals surface area contributed by atoms with E-state index < -0.39 is 0 Å². The van der Waals surface area contributed by atoms with Crippen LogP contribution in [0.4, 0.5) is 11.4 Å². The van der Waals surface area contributed by atoms with Crippen molar-refractivity contribution in [3.8, 4) is 23.0 Å². The van der Waals surface area contributed by atoms with Gasteiger partial charge in [0.05, 0.1) is 88.5 Å². The van der Waals surface area contributed by atoms with Crippen molar-refractivity contribution in [2.45, 2.75) is 41.5 Å². The number of anilines is 2. The number of nitrogens with zero attached hydrogens (tertiary/aromatic N) is 4. The molecule has 0 N–H and O–H groups in total. The van der Waals surface area contributed by atoms with Gasteiger partial charge in [-0.25, -0.2) is 0 Å². The first-order valence-corrected chi connectivity index (χ1v) is 17.6. The molecule has 0 bridgehead atoms. The highest BCUT2D eigenvalue weighted by Gasteiger charge is 2.22. The molecule has 5 rings (SSSR count). The lowest BCUT2D eigenvalue weighted by Gasteiger charge is -2.28. The molecule has 4 aromatic rings. The van der Waals surface area contributed by atoms with E-state index in [1.165, 1.54) is 0 Å². The predicted octanol–water partition coefficient (Wildman–Crippen LogP) is 6.37. The lowest BCUT2D eigenvalue weighted by Crippen LogP contribution is -2.33. The second-order valence-electron chi connectivity index (χ2n) is 11.7. The summed E-state index contributed by atoms with van der Waals surface area (Å²) in [5, 5.41) is 1.85. The standard InChI is InChI=1S/C38H52N4O7/c1-7-46-33-25-31(35-29(37(33)48-9-3)13-11-27(5)39-35)41-15-19-43-20-16-42(18-22-45-24-23-44-21-17-41)32-26-34(47-8-2)38(49-10-4)30-14-12-28(6)40-36(30)32/h11-14,25-26H,7-10,15-24H2,1-6H3. The smallest absolute Gasteiger partial charge is 0.170 e. The minimum Gasteiger partial charge on any atom is -0.490 e. The quantitative estimate of drug-likeness (QED) is 0.188. The number of aryl methyl sites for hydroxylation is 2. The molecule has 11 heteroatoms. The second-order valence-corrected chi connectivity index (χ2v) is 11.7. The first kappa shape index (κ1) is 36.2. The Bertz CT molecular complexity index is 1550. The van der Waals surface area contributed by atoms with E-state index in [2.05, 4.69) is 21.9 Å². The molecule has 0 atom stereocenters. The average molecular weight is 677 g/mol. The molecule has 0 amide bonds. The van der Waals surface area contributed by atoms with Crippen molar-refractivity contribution in [3.63, 3.8) is 0 Å². The highest BCUT2D eigenvalue weighted by atomic mass is 16.5. The molecule has 1 aliphatic heterocycles. The maximum absolute atomic E-state index is 6.35. The van der Waals surface area contributed by atoms with Crippen molar-refractivity contribution in [1.29, 1.82) is 0 Å². The molecule has 3 heterocycles. The summed E-state index contributed by atoms with van der Waals surface area (Å²) in [6.45, 7) is 19.7. The molecule has 0 spiro atoms. The summed E-state index contributed by atoms with van der Waals surface area (Å²) in [5.74, 6) is 2.85. The van der Waals surface area contributed by atoms with Crippen molar-refractivity contribution in [2.75, 3.05) is 102 Å². The zero-order valence-corrected chi connectivity index (χ0v) is 30.0. The Balaban J connectivity index is 1.43. The molecule has 2 aromatic carbocycles. The van der Waals surface area contributed by atoms with Gasteiger partial charge in [0.25, 0.3) is 0 Å². The monoisotopic (exact) mass is 676 g/mol. The Morgan fingerprint density at radius 2 is 0.898 bits per heavy atom. The minimum absolute atomic E-state index is 0.497. The van der Waals surface area contributed by atoms with Gasteiger partial charge in [0.15, 0.2) is 23.0 Å². The molecule has 1 aliphatic rings. The van der Waals surface area contributed by atoms with Gasteiger partial charge in [-0.15, -0.1) is 0 Å². The van der Waals surface area contributed by atoms with Crippen LogP contribution in [0.15, 0.2) is 36.4 Å². The van der Waals surface area contributed by atoms with E-state index in [1.807, 2.05) is 65.8 Å². The normalized spacial score (nSPS) is 15.6. The summed E-state index contributed by atoms with van der Waals surface area (Å²) in [5.41, 5.74) is 5.53. The highest BCUT2D eigenvalue weighted by Crippen LogP contribution is 2.43. The fourth-order valence-electron chi connectivity index (χ4n) is 6.07. The minimum atomic E-state index is 0.497. The Kier molecular flexibility index (Phi) is 13.4. The molecule has 266 valence electrons. The summed E-state index contributed by atoms with van der Waals surface area (Å²) in [7, 11) is 0. The first-order valence-electron chi connectivity index (χ1n) is 17.6. The SMILES string of the molecule is CCOc1cc(N2CCOCCOCCN(c3cc(OCC)c(OCC)c4ccc(C)nc34)CCOCC2)c2nc(C)ccc2c1OCC. The van der Waals surface area contributed by atoms with Gasteiger partial charge in [-0.3, -0.25) is 9.97 Å². The van der Waals surface area contributed by atoms with Crippen LogP contribution >= 0.6 is 0 Å². The molecule has 0 aliphatic carbocycles. The molecule has 1 saturated heterocycles. The van der Waals surface area contributed by atoms with E-state index in [9.17, 15) is 0 Å². The molecular weight excluding hydrogens is 624 g/mol. The fourth-order valence-corrected chi connectivity index (χ4v) is 6.07. The Hall–Kier alpha value is -4.06. The lowest BCUT2D eigenvalue weighted by molar-refractivity contribution is 0.0530. The van der Waals surface area contributed by atoms with Crippen LogP contribution in [0.25, 0.3) is 21.8 Å². The van der Waals surface area contributed by atoms with Crippen LogP contribution in [-0.4, -0.2) is 102 Å². The number of rotatable bonds is 10. The van der Waals surface area contributed by atoms with Gasteiger partial charge >= 0.3 is 0 Å². The van der Waals surface area contributed by atoms with Gasteiger partial charge in [-0.2, -0.15) is 0 Å². The van der Waals surface area contributed by atoms with E-state index in [1.54, 1.807) is 0 Å². The van der Waals surface area contributed by atoms with Crippen LogP contribution in [0, 0.1) is 13.8 Å². The third kappa shape index (κ3) is 8.95. The van der Waals surface area contributed by atoms with E-state index in [0.717, 1.165) is 56.1 Å². The van der Waals surface area contributed by atoms with Crippen LogP contribution < -0.4 is 28.7 Å². The van der Waals surface area contributed by atoms with Crippen LogP contribution in [0.1, 0.15) is 39.1 Å². The number of pyridine rings is 2. The molecule has 1 fully saturated rings. The summed E-state index contributed by atoms with van der Waals surface area (Å²) < 4.78 is 42.8. The maximum atomic E-state index is 6.35. The van der Waals surface area contributed by atoms with Crippen LogP contribution in [0.3, 0.4) is 0 Å². The summed E-state index contributed by atoms with van der Waals surface area (Å²) in [6, 6.07) is 12.2. The zero-order chi connectivity index (χ0) is 34.6. The third-order valence-electron chi connectivity index (χ3n) is 8.28. The van der Waals surface area contributed by atoms with E-state index in [4.69, 9.17) is 43.1 Å². The maximum Gasteiger partial charge on any atom is 0.170 e. The molecule has 49 heavy (non-hydrogen) atoms. The van der Waals surface area contributed by atoms with Gasteiger partial charge in [0.2, 0.25) is 0 Å². The van der Waals surface area contributed by atoms with Gasteiger partial charge in [0.1, 0.15) is 0 Å². The molecule has 2 aromatic heterocycles. The number of aromatic nitrogens is 2. The summed E-state index contributed by atoms with van der Waals surface area (Å²) in [6.07, 6.45) is 0. The summed E-state index contributed by atoms with van der Waals surface area (Å²) in [4.78, 5) is 14.5. The van der Waals surface area contributed by atoms with Crippen molar-refractivity contribution in [3.05, 3.63) is 47.8 Å². The highest BCUT2D eigenvalue weighted by molar-refractivity contribution is 5.99. The van der Waals surface area contributed by atoms with Gasteiger partial charge < -0.3 is 43.0 Å². The molecule has 11 nitrogen and oxygen atoms in total. The first-order chi connectivity index (χ1) is 24.0. The number of ether oxygens (including phenoxy) is 7. The third-order valence-corrected chi connectivity index (χ3v) is 8.28. The van der Waals surface area contributed by atoms with Crippen molar-refractivity contribution in [1.82, 2.24) is 9.97 Å². The second kappa shape index (κ2) is 18.1. The molecule has 0 unspecified atom stereocenters. The Morgan fingerprint density at radius 1 is 0.531 bits per heavy atom. The van der Waals surface area contributed by atoms with Crippen LogP contribution in [0.5, 0.6) is 23.0 Å². The topological polar surface area (TPSA) is 96.9 Å². The largest absolute Gasteiger partial charge is 0.490 e.